The van der Waals surface area contributed by atoms with Crippen molar-refractivity contribution in [1.29, 1.82) is 0 Å². The van der Waals surface area contributed by atoms with Crippen molar-refractivity contribution in [2.45, 2.75) is 18.8 Å². The number of hydrogen-bond acceptors (Lipinski definition) is 5. The molecule has 0 atom stereocenters. The van der Waals surface area contributed by atoms with E-state index in [0.29, 0.717) is 22.4 Å². The second-order valence-electron chi connectivity index (χ2n) is 5.82. The third-order valence-corrected chi connectivity index (χ3v) is 4.49. The summed E-state index contributed by atoms with van der Waals surface area (Å²) in [4.78, 5) is 38.5. The standard InChI is InChI=1S/C20H18O5/c1-3-25-17(21)12-20(13-8-10-14(24-2)11-9-13)18(22)15-6-4-5-7-16(15)19(20)23/h4-11H,3,12H2,1-2H3. The van der Waals surface area contributed by atoms with Gasteiger partial charge in [-0.3, -0.25) is 14.4 Å². The minimum absolute atomic E-state index is 0.187. The number of rotatable bonds is 5. The van der Waals surface area contributed by atoms with Crippen molar-refractivity contribution in [3.05, 3.63) is 65.2 Å². The number of fused-ring (bicyclic) bond motifs is 1. The highest BCUT2D eigenvalue weighted by Gasteiger charge is 2.55. The van der Waals surface area contributed by atoms with Gasteiger partial charge in [0.15, 0.2) is 11.6 Å². The van der Waals surface area contributed by atoms with Crippen LogP contribution in [-0.4, -0.2) is 31.3 Å². The Kier molecular flexibility index (Phi) is 4.40. The quantitative estimate of drug-likeness (QED) is 0.619. The summed E-state index contributed by atoms with van der Waals surface area (Å²) in [7, 11) is 1.53. The Morgan fingerprint density at radius 2 is 1.52 bits per heavy atom. The maximum absolute atomic E-state index is 13.2. The Morgan fingerprint density at radius 3 is 2.00 bits per heavy atom. The molecule has 0 amide bonds. The van der Waals surface area contributed by atoms with Gasteiger partial charge in [-0.1, -0.05) is 36.4 Å². The van der Waals surface area contributed by atoms with Crippen molar-refractivity contribution in [2.24, 2.45) is 0 Å². The smallest absolute Gasteiger partial charge is 0.307 e. The second kappa shape index (κ2) is 6.51. The van der Waals surface area contributed by atoms with Crippen molar-refractivity contribution in [2.75, 3.05) is 13.7 Å². The van der Waals surface area contributed by atoms with Crippen LogP contribution in [0.15, 0.2) is 48.5 Å². The van der Waals surface area contributed by atoms with Gasteiger partial charge in [-0.2, -0.15) is 0 Å². The van der Waals surface area contributed by atoms with Crippen LogP contribution in [0.5, 0.6) is 5.75 Å². The van der Waals surface area contributed by atoms with E-state index in [1.165, 1.54) is 7.11 Å². The fraction of sp³-hybridized carbons (Fsp3) is 0.250. The van der Waals surface area contributed by atoms with Crippen LogP contribution in [0.3, 0.4) is 0 Å². The van der Waals surface area contributed by atoms with Crippen molar-refractivity contribution in [1.82, 2.24) is 0 Å². The summed E-state index contributed by atoms with van der Waals surface area (Å²) in [5, 5.41) is 0. The number of carbonyl (C=O) groups excluding carboxylic acids is 3. The predicted octanol–water partition coefficient (Wildman–Crippen LogP) is 2.97. The highest BCUT2D eigenvalue weighted by molar-refractivity contribution is 6.34. The molecule has 5 nitrogen and oxygen atoms in total. The molecule has 0 saturated carbocycles. The van der Waals surface area contributed by atoms with Gasteiger partial charge in [0, 0.05) is 11.1 Å². The molecule has 0 saturated heterocycles. The summed E-state index contributed by atoms with van der Waals surface area (Å²) in [6.45, 7) is 1.87. The van der Waals surface area contributed by atoms with E-state index in [9.17, 15) is 14.4 Å². The highest BCUT2D eigenvalue weighted by atomic mass is 16.5. The molecule has 0 N–H and O–H groups in total. The van der Waals surface area contributed by atoms with Crippen LogP contribution < -0.4 is 4.74 Å². The van der Waals surface area contributed by atoms with E-state index in [2.05, 4.69) is 0 Å². The normalized spacial score (nSPS) is 15.0. The summed E-state index contributed by atoms with van der Waals surface area (Å²) in [6, 6.07) is 13.3. The van der Waals surface area contributed by atoms with Gasteiger partial charge in [0.2, 0.25) is 0 Å². The van der Waals surface area contributed by atoms with Crippen LogP contribution >= 0.6 is 0 Å². The summed E-state index contributed by atoms with van der Waals surface area (Å²) >= 11 is 0. The molecule has 1 aliphatic rings. The number of Topliss-reactive ketones (excluding diaryl/α,β-unsaturated/α-hetero) is 2. The van der Waals surface area contributed by atoms with Crippen molar-refractivity contribution in [3.8, 4) is 5.75 Å². The van der Waals surface area contributed by atoms with Crippen molar-refractivity contribution >= 4 is 17.5 Å². The van der Waals surface area contributed by atoms with Crippen molar-refractivity contribution < 1.29 is 23.9 Å². The Morgan fingerprint density at radius 1 is 0.960 bits per heavy atom. The maximum Gasteiger partial charge on any atom is 0.307 e. The first kappa shape index (κ1) is 16.9. The summed E-state index contributed by atoms with van der Waals surface area (Å²) in [5.41, 5.74) is -0.435. The van der Waals surface area contributed by atoms with E-state index < -0.39 is 11.4 Å². The minimum atomic E-state index is -1.58. The lowest BCUT2D eigenvalue weighted by Crippen LogP contribution is -2.41. The molecule has 2 aromatic carbocycles. The van der Waals surface area contributed by atoms with Crippen LogP contribution in [0.2, 0.25) is 0 Å². The minimum Gasteiger partial charge on any atom is -0.497 e. The van der Waals surface area contributed by atoms with Crippen LogP contribution in [0, 0.1) is 0 Å². The number of esters is 1. The lowest BCUT2D eigenvalue weighted by Gasteiger charge is -2.25. The molecule has 0 spiro atoms. The third kappa shape index (κ3) is 2.61. The van der Waals surface area contributed by atoms with E-state index in [-0.39, 0.29) is 24.6 Å². The lowest BCUT2D eigenvalue weighted by atomic mass is 9.73. The summed E-state index contributed by atoms with van der Waals surface area (Å²) in [6.07, 6.45) is -0.320. The Balaban J connectivity index is 2.15. The fourth-order valence-electron chi connectivity index (χ4n) is 3.27. The SMILES string of the molecule is CCOC(=O)CC1(c2ccc(OC)cc2)C(=O)c2ccccc2C1=O. The van der Waals surface area contributed by atoms with Crippen LogP contribution in [0.1, 0.15) is 39.6 Å². The van der Waals surface area contributed by atoms with Gasteiger partial charge < -0.3 is 9.47 Å². The third-order valence-electron chi connectivity index (χ3n) is 4.49. The Labute approximate surface area is 145 Å². The lowest BCUT2D eigenvalue weighted by molar-refractivity contribution is -0.143. The molecule has 25 heavy (non-hydrogen) atoms. The molecular weight excluding hydrogens is 320 g/mol. The van der Waals surface area contributed by atoms with E-state index in [1.54, 1.807) is 55.5 Å². The zero-order chi connectivity index (χ0) is 18.0. The second-order valence-corrected chi connectivity index (χ2v) is 5.82. The molecule has 0 aromatic heterocycles. The van der Waals surface area contributed by atoms with Crippen LogP contribution in [0.4, 0.5) is 0 Å². The van der Waals surface area contributed by atoms with Crippen molar-refractivity contribution in [3.63, 3.8) is 0 Å². The highest BCUT2D eigenvalue weighted by Crippen LogP contribution is 2.43. The van der Waals surface area contributed by atoms with E-state index in [4.69, 9.17) is 9.47 Å². The first-order valence-electron chi connectivity index (χ1n) is 8.03. The van der Waals surface area contributed by atoms with Crippen LogP contribution in [0.25, 0.3) is 0 Å². The van der Waals surface area contributed by atoms with Gasteiger partial charge in [0.1, 0.15) is 11.2 Å². The molecule has 0 bridgehead atoms. The van der Waals surface area contributed by atoms with Gasteiger partial charge >= 0.3 is 5.97 Å². The number of ketones is 2. The largest absolute Gasteiger partial charge is 0.497 e. The first-order valence-corrected chi connectivity index (χ1v) is 8.03. The van der Waals surface area contributed by atoms with E-state index >= 15 is 0 Å². The fourth-order valence-corrected chi connectivity index (χ4v) is 3.27. The molecular formula is C20H18O5. The zero-order valence-electron chi connectivity index (χ0n) is 14.1. The average Bonchev–Trinajstić information content (AvgIpc) is 2.85. The zero-order valence-corrected chi connectivity index (χ0v) is 14.1. The summed E-state index contributed by atoms with van der Waals surface area (Å²) in [5.74, 6) is -0.712. The number of ether oxygens (including phenoxy) is 2. The molecule has 0 unspecified atom stereocenters. The Bertz CT molecular complexity index is 800. The number of carbonyl (C=O) groups is 3. The van der Waals surface area contributed by atoms with Gasteiger partial charge in [-0.15, -0.1) is 0 Å². The predicted molar refractivity (Wildman–Crippen MR) is 91.0 cm³/mol. The van der Waals surface area contributed by atoms with E-state index in [0.717, 1.165) is 0 Å². The molecule has 0 radical (unpaired) electrons. The summed E-state index contributed by atoms with van der Waals surface area (Å²) < 4.78 is 10.2. The average molecular weight is 338 g/mol. The molecule has 3 rings (SSSR count). The van der Waals surface area contributed by atoms with Gasteiger partial charge in [0.25, 0.3) is 0 Å². The van der Waals surface area contributed by atoms with Gasteiger partial charge in [0.05, 0.1) is 20.1 Å². The molecule has 5 heteroatoms. The number of hydrogen-bond donors (Lipinski definition) is 0. The molecule has 0 aliphatic heterocycles. The monoisotopic (exact) mass is 338 g/mol. The first-order chi connectivity index (χ1) is 12.0. The Hall–Kier alpha value is -2.95. The van der Waals surface area contributed by atoms with Gasteiger partial charge in [-0.25, -0.2) is 0 Å². The molecule has 0 heterocycles. The molecule has 128 valence electrons. The molecule has 2 aromatic rings. The number of benzene rings is 2. The number of methoxy groups -OCH3 is 1. The topological polar surface area (TPSA) is 69.7 Å². The molecule has 1 aliphatic carbocycles. The molecule has 0 fully saturated rings. The maximum atomic E-state index is 13.2. The van der Waals surface area contributed by atoms with E-state index in [1.807, 2.05) is 0 Å². The van der Waals surface area contributed by atoms with Gasteiger partial charge in [-0.05, 0) is 24.6 Å². The van der Waals surface area contributed by atoms with Crippen LogP contribution in [-0.2, 0) is 14.9 Å².